The predicted octanol–water partition coefficient (Wildman–Crippen LogP) is 12.2. The summed E-state index contributed by atoms with van der Waals surface area (Å²) in [6.07, 6.45) is 3.47. The van der Waals surface area contributed by atoms with E-state index in [4.69, 9.17) is 19.9 Å². The van der Waals surface area contributed by atoms with Crippen molar-refractivity contribution >= 4 is 54.4 Å². The maximum atomic E-state index is 5.30. The molecule has 11 aromatic rings. The van der Waals surface area contributed by atoms with Crippen molar-refractivity contribution in [3.05, 3.63) is 182 Å². The number of rotatable bonds is 5. The second-order valence-electron chi connectivity index (χ2n) is 14.0. The van der Waals surface area contributed by atoms with Crippen LogP contribution in [0.2, 0.25) is 0 Å². The smallest absolute Gasteiger partial charge is 0.178 e. The second-order valence-corrected chi connectivity index (χ2v) is 14.0. The highest BCUT2D eigenvalue weighted by molar-refractivity contribution is 6.08. The van der Waals surface area contributed by atoms with Crippen molar-refractivity contribution in [1.29, 1.82) is 0 Å². The minimum absolute atomic E-state index is 0.605. The minimum atomic E-state index is 0.605. The Labute approximate surface area is 321 Å². The first-order chi connectivity index (χ1) is 27.7. The van der Waals surface area contributed by atoms with Crippen LogP contribution in [0.1, 0.15) is 0 Å². The Kier molecular flexibility index (Phi) is 7.38. The molecule has 260 valence electrons. The van der Waals surface area contributed by atoms with Gasteiger partial charge in [0, 0.05) is 50.6 Å². The summed E-state index contributed by atoms with van der Waals surface area (Å²) < 4.78 is 0. The topological polar surface area (TPSA) is 77.3 Å². The first kappa shape index (κ1) is 31.8. The van der Waals surface area contributed by atoms with Gasteiger partial charge in [-0.3, -0.25) is 0 Å². The SMILES string of the molecule is c1ccc(-c2ccc3ccc4ccc(-c5ccc(-c6ccc7ccc(-c8ccc9ccc(-c%10ncccn%10)nc9c8)nc7c6)c6ccccc56)nc4c3n2)cc1. The van der Waals surface area contributed by atoms with E-state index >= 15 is 0 Å². The van der Waals surface area contributed by atoms with E-state index in [0.29, 0.717) is 5.82 Å². The van der Waals surface area contributed by atoms with Crippen molar-refractivity contribution in [1.82, 2.24) is 29.9 Å². The molecule has 5 aromatic heterocycles. The fourth-order valence-corrected chi connectivity index (χ4v) is 7.74. The van der Waals surface area contributed by atoms with Gasteiger partial charge in [0.2, 0.25) is 0 Å². The van der Waals surface area contributed by atoms with E-state index in [0.717, 1.165) is 105 Å². The number of fused-ring (bicyclic) bond motifs is 6. The molecule has 0 atom stereocenters. The molecule has 56 heavy (non-hydrogen) atoms. The van der Waals surface area contributed by atoms with Gasteiger partial charge in [-0.25, -0.2) is 29.9 Å². The molecule has 0 saturated carbocycles. The summed E-state index contributed by atoms with van der Waals surface area (Å²) in [5, 5.41) is 6.56. The molecule has 6 heteroatoms. The van der Waals surface area contributed by atoms with E-state index in [1.54, 1.807) is 18.5 Å². The van der Waals surface area contributed by atoms with Crippen LogP contribution in [0.3, 0.4) is 0 Å². The van der Waals surface area contributed by atoms with Gasteiger partial charge in [-0.2, -0.15) is 0 Å². The molecule has 11 rings (SSSR count). The third-order valence-electron chi connectivity index (χ3n) is 10.6. The lowest BCUT2D eigenvalue weighted by Crippen LogP contribution is -1.92. The molecule has 0 aliphatic rings. The molecule has 6 nitrogen and oxygen atoms in total. The molecule has 6 aromatic carbocycles. The first-order valence-electron chi connectivity index (χ1n) is 18.6. The summed E-state index contributed by atoms with van der Waals surface area (Å²) >= 11 is 0. The summed E-state index contributed by atoms with van der Waals surface area (Å²) in [4.78, 5) is 29.3. The molecule has 0 radical (unpaired) electrons. The Balaban J connectivity index is 0.985. The molecular formula is C50H30N6. The molecule has 0 N–H and O–H groups in total. The molecule has 5 heterocycles. The highest BCUT2D eigenvalue weighted by atomic mass is 14.9. The molecule has 0 bridgehead atoms. The van der Waals surface area contributed by atoms with Crippen LogP contribution in [0.25, 0.3) is 111 Å². The van der Waals surface area contributed by atoms with Crippen LogP contribution >= 0.6 is 0 Å². The second kappa shape index (κ2) is 13.0. The third-order valence-corrected chi connectivity index (χ3v) is 10.6. The van der Waals surface area contributed by atoms with Gasteiger partial charge < -0.3 is 0 Å². The predicted molar refractivity (Wildman–Crippen MR) is 228 cm³/mol. The number of hydrogen-bond donors (Lipinski definition) is 0. The Bertz CT molecular complexity index is 3310. The fourth-order valence-electron chi connectivity index (χ4n) is 7.74. The van der Waals surface area contributed by atoms with Crippen molar-refractivity contribution < 1.29 is 0 Å². The van der Waals surface area contributed by atoms with Crippen molar-refractivity contribution in [2.45, 2.75) is 0 Å². The van der Waals surface area contributed by atoms with Crippen LogP contribution in [0.15, 0.2) is 182 Å². The molecule has 0 aliphatic heterocycles. The van der Waals surface area contributed by atoms with Gasteiger partial charge in [-0.1, -0.05) is 127 Å². The quantitative estimate of drug-likeness (QED) is 0.165. The van der Waals surface area contributed by atoms with Crippen LogP contribution in [0, 0.1) is 0 Å². The largest absolute Gasteiger partial charge is 0.248 e. The lowest BCUT2D eigenvalue weighted by Gasteiger charge is -2.13. The molecule has 0 fully saturated rings. The monoisotopic (exact) mass is 714 g/mol. The Morgan fingerprint density at radius 1 is 0.304 bits per heavy atom. The Morgan fingerprint density at radius 2 is 0.804 bits per heavy atom. The fraction of sp³-hybridized carbons (Fsp3) is 0. The summed E-state index contributed by atoms with van der Waals surface area (Å²) in [6.45, 7) is 0. The average Bonchev–Trinajstić information content (AvgIpc) is 3.28. The van der Waals surface area contributed by atoms with E-state index in [9.17, 15) is 0 Å². The van der Waals surface area contributed by atoms with E-state index in [2.05, 4.69) is 149 Å². The number of nitrogens with zero attached hydrogens (tertiary/aromatic N) is 6. The lowest BCUT2D eigenvalue weighted by atomic mass is 9.93. The molecule has 0 aliphatic carbocycles. The highest BCUT2D eigenvalue weighted by Gasteiger charge is 2.14. The van der Waals surface area contributed by atoms with Gasteiger partial charge in [0.05, 0.1) is 39.1 Å². The van der Waals surface area contributed by atoms with Crippen LogP contribution in [-0.2, 0) is 0 Å². The van der Waals surface area contributed by atoms with Gasteiger partial charge >= 0.3 is 0 Å². The number of pyridine rings is 4. The molecule has 0 saturated heterocycles. The standard InChI is InChI=1S/C50H30N6/c1-2-7-31(8-3-1)42-24-19-34-13-14-35-20-25-44(56-49(35)48(34)55-42)41-22-21-38(39-9-4-5-10-40(39)41)36-15-11-32-17-23-43(53-46(32)29-36)37-16-12-33-18-26-45(54-47(33)30-37)50-51-27-6-28-52-50/h1-30H. The van der Waals surface area contributed by atoms with Gasteiger partial charge in [0.25, 0.3) is 0 Å². The van der Waals surface area contributed by atoms with Crippen molar-refractivity contribution in [2.75, 3.05) is 0 Å². The van der Waals surface area contributed by atoms with Gasteiger partial charge in [0.15, 0.2) is 5.82 Å². The van der Waals surface area contributed by atoms with Gasteiger partial charge in [0.1, 0.15) is 5.69 Å². The number of hydrogen-bond acceptors (Lipinski definition) is 6. The first-order valence-corrected chi connectivity index (χ1v) is 18.6. The van der Waals surface area contributed by atoms with Crippen LogP contribution < -0.4 is 0 Å². The van der Waals surface area contributed by atoms with Crippen molar-refractivity contribution in [2.24, 2.45) is 0 Å². The van der Waals surface area contributed by atoms with Crippen molar-refractivity contribution in [3.8, 4) is 56.4 Å². The zero-order valence-corrected chi connectivity index (χ0v) is 30.0. The van der Waals surface area contributed by atoms with Crippen LogP contribution in [0.5, 0.6) is 0 Å². The summed E-state index contributed by atoms with van der Waals surface area (Å²) in [7, 11) is 0. The molecule has 0 unspecified atom stereocenters. The Hall–Kier alpha value is -7.70. The molecular weight excluding hydrogens is 685 g/mol. The Morgan fingerprint density at radius 3 is 1.54 bits per heavy atom. The zero-order chi connectivity index (χ0) is 37.0. The lowest BCUT2D eigenvalue weighted by molar-refractivity contribution is 1.15. The number of benzene rings is 6. The van der Waals surface area contributed by atoms with Crippen LogP contribution in [0.4, 0.5) is 0 Å². The average molecular weight is 715 g/mol. The van der Waals surface area contributed by atoms with E-state index < -0.39 is 0 Å². The normalized spacial score (nSPS) is 11.6. The minimum Gasteiger partial charge on any atom is -0.248 e. The summed E-state index contributed by atoms with van der Waals surface area (Å²) in [6, 6.07) is 59.0. The maximum absolute atomic E-state index is 5.30. The zero-order valence-electron chi connectivity index (χ0n) is 30.0. The van der Waals surface area contributed by atoms with E-state index in [-0.39, 0.29) is 0 Å². The van der Waals surface area contributed by atoms with Gasteiger partial charge in [-0.05, 0) is 64.4 Å². The molecule has 0 amide bonds. The van der Waals surface area contributed by atoms with Crippen molar-refractivity contribution in [3.63, 3.8) is 0 Å². The molecule has 0 spiro atoms. The van der Waals surface area contributed by atoms with E-state index in [1.165, 1.54) is 0 Å². The van der Waals surface area contributed by atoms with Gasteiger partial charge in [-0.15, -0.1) is 0 Å². The summed E-state index contributed by atoms with van der Waals surface area (Å²) in [5.74, 6) is 0.605. The van der Waals surface area contributed by atoms with Crippen LogP contribution in [-0.4, -0.2) is 29.9 Å². The van der Waals surface area contributed by atoms with E-state index in [1.807, 2.05) is 24.3 Å². The maximum Gasteiger partial charge on any atom is 0.178 e. The number of aromatic nitrogens is 6. The highest BCUT2D eigenvalue weighted by Crippen LogP contribution is 2.38. The summed E-state index contributed by atoms with van der Waals surface area (Å²) in [5.41, 5.74) is 12.5. The third kappa shape index (κ3) is 5.51.